The zero-order valence-electron chi connectivity index (χ0n) is 11.0. The molecule has 6 heteroatoms. The quantitative estimate of drug-likeness (QED) is 0.781. The van der Waals surface area contributed by atoms with Gasteiger partial charge in [-0.05, 0) is 13.3 Å². The average molecular weight is 263 g/mol. The predicted octanol–water partition coefficient (Wildman–Crippen LogP) is 0.0220. The van der Waals surface area contributed by atoms with Crippen LogP contribution >= 0.6 is 0 Å². The van der Waals surface area contributed by atoms with Crippen molar-refractivity contribution in [1.82, 2.24) is 14.5 Å². The van der Waals surface area contributed by atoms with Crippen LogP contribution in [-0.2, 0) is 11.3 Å². The minimum absolute atomic E-state index is 0.0470. The van der Waals surface area contributed by atoms with Crippen LogP contribution in [0, 0.1) is 6.92 Å². The van der Waals surface area contributed by atoms with E-state index in [0.29, 0.717) is 12.1 Å². The van der Waals surface area contributed by atoms with E-state index in [9.17, 15) is 14.4 Å². The van der Waals surface area contributed by atoms with Gasteiger partial charge in [-0.1, -0.05) is 19.1 Å². The second kappa shape index (κ2) is 5.26. The van der Waals surface area contributed by atoms with Crippen LogP contribution in [0.5, 0.6) is 0 Å². The number of carbonyl (C=O) groups excluding carboxylic acids is 1. The Hall–Kier alpha value is -2.11. The Morgan fingerprint density at radius 2 is 2.21 bits per heavy atom. The van der Waals surface area contributed by atoms with Gasteiger partial charge in [0.05, 0.1) is 6.04 Å². The van der Waals surface area contributed by atoms with Crippen LogP contribution in [0.2, 0.25) is 0 Å². The Morgan fingerprint density at radius 3 is 2.89 bits per heavy atom. The normalized spacial score (nSPS) is 18.0. The second-order valence-electron chi connectivity index (χ2n) is 4.65. The van der Waals surface area contributed by atoms with Crippen LogP contribution in [-0.4, -0.2) is 32.9 Å². The second-order valence-corrected chi connectivity index (χ2v) is 4.65. The summed E-state index contributed by atoms with van der Waals surface area (Å²) < 4.78 is 1.24. The van der Waals surface area contributed by atoms with Gasteiger partial charge >= 0.3 is 5.69 Å². The van der Waals surface area contributed by atoms with Gasteiger partial charge < -0.3 is 4.90 Å². The van der Waals surface area contributed by atoms with E-state index in [2.05, 4.69) is 4.98 Å². The van der Waals surface area contributed by atoms with Crippen molar-refractivity contribution in [3.8, 4) is 0 Å². The SMILES string of the molecule is CCC1C=CCN1C(=O)Cn1cc(C)c(=O)[nH]c1=O. The van der Waals surface area contributed by atoms with Gasteiger partial charge in [0, 0.05) is 18.3 Å². The number of aromatic amines is 1. The highest BCUT2D eigenvalue weighted by molar-refractivity contribution is 5.77. The fourth-order valence-electron chi connectivity index (χ4n) is 2.19. The van der Waals surface area contributed by atoms with E-state index in [1.165, 1.54) is 10.8 Å². The molecule has 19 heavy (non-hydrogen) atoms. The van der Waals surface area contributed by atoms with Crippen LogP contribution in [0.1, 0.15) is 18.9 Å². The molecule has 6 nitrogen and oxygen atoms in total. The van der Waals surface area contributed by atoms with E-state index >= 15 is 0 Å². The van der Waals surface area contributed by atoms with Crippen molar-refractivity contribution >= 4 is 5.91 Å². The molecule has 2 rings (SSSR count). The maximum atomic E-state index is 12.2. The number of aromatic nitrogens is 2. The molecule has 0 saturated heterocycles. The van der Waals surface area contributed by atoms with Crippen molar-refractivity contribution in [2.45, 2.75) is 32.9 Å². The van der Waals surface area contributed by atoms with E-state index in [0.717, 1.165) is 6.42 Å². The summed E-state index contributed by atoms with van der Waals surface area (Å²) in [4.78, 5) is 39.0. The molecule has 0 saturated carbocycles. The van der Waals surface area contributed by atoms with Crippen molar-refractivity contribution in [3.63, 3.8) is 0 Å². The monoisotopic (exact) mass is 263 g/mol. The number of aryl methyl sites for hydroxylation is 1. The summed E-state index contributed by atoms with van der Waals surface area (Å²) in [5.74, 6) is -0.120. The third kappa shape index (κ3) is 2.67. The molecule has 1 atom stereocenters. The van der Waals surface area contributed by atoms with Gasteiger partial charge in [0.25, 0.3) is 5.56 Å². The minimum atomic E-state index is -0.552. The molecule has 1 aromatic heterocycles. The molecule has 1 aliphatic heterocycles. The van der Waals surface area contributed by atoms with Gasteiger partial charge in [-0.25, -0.2) is 4.79 Å². The Labute approximate surface area is 110 Å². The molecule has 1 amide bonds. The molecular formula is C13H17N3O3. The molecule has 1 aromatic rings. The van der Waals surface area contributed by atoms with Crippen molar-refractivity contribution in [1.29, 1.82) is 0 Å². The number of carbonyl (C=O) groups is 1. The lowest BCUT2D eigenvalue weighted by Gasteiger charge is -2.23. The highest BCUT2D eigenvalue weighted by Crippen LogP contribution is 2.13. The number of nitrogens with zero attached hydrogens (tertiary/aromatic N) is 2. The van der Waals surface area contributed by atoms with Crippen molar-refractivity contribution in [2.75, 3.05) is 6.54 Å². The first-order valence-electron chi connectivity index (χ1n) is 6.29. The molecule has 0 bridgehead atoms. The predicted molar refractivity (Wildman–Crippen MR) is 71.0 cm³/mol. The largest absolute Gasteiger partial charge is 0.331 e. The van der Waals surface area contributed by atoms with Gasteiger partial charge in [-0.3, -0.25) is 19.1 Å². The van der Waals surface area contributed by atoms with Crippen molar-refractivity contribution < 1.29 is 4.79 Å². The van der Waals surface area contributed by atoms with Gasteiger partial charge in [0.2, 0.25) is 5.91 Å². The number of hydrogen-bond donors (Lipinski definition) is 1. The Bertz CT molecular complexity index is 627. The number of rotatable bonds is 3. The average Bonchev–Trinajstić information content (AvgIpc) is 2.84. The Morgan fingerprint density at radius 1 is 1.47 bits per heavy atom. The summed E-state index contributed by atoms with van der Waals surface area (Å²) in [5.41, 5.74) is -0.550. The van der Waals surface area contributed by atoms with Crippen LogP contribution in [0.15, 0.2) is 27.9 Å². The molecule has 1 N–H and O–H groups in total. The lowest BCUT2D eigenvalue weighted by atomic mass is 10.2. The fourth-order valence-corrected chi connectivity index (χ4v) is 2.19. The van der Waals surface area contributed by atoms with Crippen molar-refractivity contribution in [2.24, 2.45) is 0 Å². The lowest BCUT2D eigenvalue weighted by molar-refractivity contribution is -0.132. The van der Waals surface area contributed by atoms with E-state index in [4.69, 9.17) is 0 Å². The van der Waals surface area contributed by atoms with Crippen LogP contribution in [0.4, 0.5) is 0 Å². The molecule has 1 unspecified atom stereocenters. The summed E-state index contributed by atoms with van der Waals surface area (Å²) >= 11 is 0. The molecular weight excluding hydrogens is 246 g/mol. The molecule has 0 aromatic carbocycles. The molecule has 0 fully saturated rings. The zero-order valence-corrected chi connectivity index (χ0v) is 11.0. The lowest BCUT2D eigenvalue weighted by Crippen LogP contribution is -2.41. The van der Waals surface area contributed by atoms with Crippen molar-refractivity contribution in [3.05, 3.63) is 44.8 Å². The highest BCUT2D eigenvalue weighted by Gasteiger charge is 2.23. The first-order valence-corrected chi connectivity index (χ1v) is 6.29. The Balaban J connectivity index is 2.18. The van der Waals surface area contributed by atoms with Gasteiger partial charge in [-0.15, -0.1) is 0 Å². The van der Waals surface area contributed by atoms with Gasteiger partial charge in [-0.2, -0.15) is 0 Å². The number of amides is 1. The molecule has 0 spiro atoms. The molecule has 102 valence electrons. The van der Waals surface area contributed by atoms with Gasteiger partial charge in [0.15, 0.2) is 0 Å². The van der Waals surface area contributed by atoms with Gasteiger partial charge in [0.1, 0.15) is 6.54 Å². The van der Waals surface area contributed by atoms with E-state index in [-0.39, 0.29) is 18.5 Å². The zero-order chi connectivity index (χ0) is 14.0. The first-order chi connectivity index (χ1) is 9.02. The summed E-state index contributed by atoms with van der Waals surface area (Å²) in [6.07, 6.45) is 6.22. The standard InChI is InChI=1S/C13H17N3O3/c1-3-10-5-4-6-16(10)11(17)8-15-7-9(2)12(18)14-13(15)19/h4-5,7,10H,3,6,8H2,1-2H3,(H,14,18,19). The Kier molecular flexibility index (Phi) is 3.69. The molecule has 2 heterocycles. The smallest absolute Gasteiger partial charge is 0.328 e. The van der Waals surface area contributed by atoms with Crippen LogP contribution in [0.25, 0.3) is 0 Å². The van der Waals surface area contributed by atoms with Crippen LogP contribution < -0.4 is 11.2 Å². The molecule has 0 aliphatic carbocycles. The third-order valence-corrected chi connectivity index (χ3v) is 3.29. The minimum Gasteiger partial charge on any atom is -0.331 e. The van der Waals surface area contributed by atoms with E-state index < -0.39 is 11.2 Å². The third-order valence-electron chi connectivity index (χ3n) is 3.29. The summed E-state index contributed by atoms with van der Waals surface area (Å²) in [7, 11) is 0. The molecule has 1 aliphatic rings. The fraction of sp³-hybridized carbons (Fsp3) is 0.462. The summed E-state index contributed by atoms with van der Waals surface area (Å²) in [6.45, 7) is 4.14. The number of H-pyrrole nitrogens is 1. The topological polar surface area (TPSA) is 75.2 Å². The van der Waals surface area contributed by atoms with Crippen LogP contribution in [0.3, 0.4) is 0 Å². The first kappa shape index (κ1) is 13.3. The number of hydrogen-bond acceptors (Lipinski definition) is 3. The van der Waals surface area contributed by atoms with E-state index in [1.54, 1.807) is 11.8 Å². The number of nitrogens with one attached hydrogen (secondary N) is 1. The summed E-state index contributed by atoms with van der Waals surface area (Å²) in [5, 5.41) is 0. The summed E-state index contributed by atoms with van der Waals surface area (Å²) in [6, 6.07) is 0.104. The van der Waals surface area contributed by atoms with E-state index in [1.807, 2.05) is 19.1 Å². The highest BCUT2D eigenvalue weighted by atomic mass is 16.2. The maximum absolute atomic E-state index is 12.2. The molecule has 0 radical (unpaired) electrons. The maximum Gasteiger partial charge on any atom is 0.328 e.